The van der Waals surface area contributed by atoms with Gasteiger partial charge in [-0.2, -0.15) is 0 Å². The first-order valence-corrected chi connectivity index (χ1v) is 18.6. The molecule has 268 valence electrons. The maximum Gasteiger partial charge on any atom is 0.306 e. The summed E-state index contributed by atoms with van der Waals surface area (Å²) in [7, 11) is 0. The van der Waals surface area contributed by atoms with Crippen molar-refractivity contribution in [3.63, 3.8) is 0 Å². The van der Waals surface area contributed by atoms with Crippen LogP contribution in [0.25, 0.3) is 0 Å². The number of Topliss-reactive ketones (excluding diaryl/α,β-unsaturated/α-hetero) is 1. The van der Waals surface area contributed by atoms with E-state index in [2.05, 4.69) is 20.8 Å². The molecule has 11 atom stereocenters. The van der Waals surface area contributed by atoms with Crippen LogP contribution >= 0.6 is 0 Å². The minimum atomic E-state index is -0.309. The summed E-state index contributed by atoms with van der Waals surface area (Å²) in [6, 6.07) is 0. The van der Waals surface area contributed by atoms with Crippen LogP contribution in [0.4, 0.5) is 0 Å². The van der Waals surface area contributed by atoms with E-state index in [4.69, 9.17) is 31.4 Å². The summed E-state index contributed by atoms with van der Waals surface area (Å²) < 4.78 is 18.9. The number of hydrogen-bond donors (Lipinski definition) is 3. The van der Waals surface area contributed by atoms with E-state index in [0.29, 0.717) is 71.0 Å². The summed E-state index contributed by atoms with van der Waals surface area (Å²) in [6.45, 7) is 9.92. The third kappa shape index (κ3) is 8.41. The van der Waals surface area contributed by atoms with Gasteiger partial charge in [-0.05, 0) is 132 Å². The normalized spacial score (nSPS) is 36.7. The zero-order valence-electron chi connectivity index (χ0n) is 29.5. The molecule has 4 saturated carbocycles. The average Bonchev–Trinajstić information content (AvgIpc) is 3.39. The van der Waals surface area contributed by atoms with Gasteiger partial charge in [0.05, 0.1) is 0 Å². The Hall–Kier alpha value is -2.04. The highest BCUT2D eigenvalue weighted by atomic mass is 16.6. The Labute approximate surface area is 282 Å². The molecular formula is C37H63N3O7. The smallest absolute Gasteiger partial charge is 0.306 e. The molecule has 0 bridgehead atoms. The van der Waals surface area contributed by atoms with Gasteiger partial charge in [0.25, 0.3) is 0 Å². The Morgan fingerprint density at radius 1 is 0.745 bits per heavy atom. The number of fused-ring (bicyclic) bond motifs is 5. The third-order valence-corrected chi connectivity index (χ3v) is 13.0. The number of hydrogen-bond acceptors (Lipinski definition) is 10. The van der Waals surface area contributed by atoms with E-state index in [-0.39, 0.29) is 88.3 Å². The molecule has 0 aromatic heterocycles. The molecule has 0 aromatic rings. The molecule has 4 fully saturated rings. The van der Waals surface area contributed by atoms with Crippen molar-refractivity contribution in [1.29, 1.82) is 0 Å². The molecule has 10 heteroatoms. The van der Waals surface area contributed by atoms with E-state index < -0.39 is 0 Å². The van der Waals surface area contributed by atoms with Gasteiger partial charge in [0.2, 0.25) is 0 Å². The summed E-state index contributed by atoms with van der Waals surface area (Å²) in [6.07, 6.45) is 9.19. The molecule has 0 saturated heterocycles. The fourth-order valence-electron chi connectivity index (χ4n) is 10.5. The molecule has 0 aromatic carbocycles. The molecule has 47 heavy (non-hydrogen) atoms. The number of esters is 3. The van der Waals surface area contributed by atoms with Crippen LogP contribution in [0.5, 0.6) is 0 Å². The van der Waals surface area contributed by atoms with Crippen LogP contribution < -0.4 is 17.2 Å². The fourth-order valence-corrected chi connectivity index (χ4v) is 10.5. The van der Waals surface area contributed by atoms with Gasteiger partial charge in [-0.15, -0.1) is 0 Å². The largest absolute Gasteiger partial charge is 0.462 e. The first-order valence-electron chi connectivity index (χ1n) is 18.6. The van der Waals surface area contributed by atoms with Gasteiger partial charge in [0.15, 0.2) is 0 Å². The van der Waals surface area contributed by atoms with Gasteiger partial charge in [0.1, 0.15) is 24.1 Å². The van der Waals surface area contributed by atoms with Crippen molar-refractivity contribution < 1.29 is 33.4 Å². The highest BCUT2D eigenvalue weighted by molar-refractivity contribution is 5.75. The van der Waals surface area contributed by atoms with Crippen LogP contribution in [0, 0.1) is 46.3 Å². The predicted octanol–water partition coefficient (Wildman–Crippen LogP) is 4.82. The quantitative estimate of drug-likeness (QED) is 0.154. The molecule has 0 unspecified atom stereocenters. The van der Waals surface area contributed by atoms with Crippen LogP contribution in [-0.2, 0) is 33.4 Å². The van der Waals surface area contributed by atoms with Crippen LogP contribution in [-0.4, -0.2) is 61.6 Å². The van der Waals surface area contributed by atoms with Crippen molar-refractivity contribution >= 4 is 23.7 Å². The van der Waals surface area contributed by atoms with E-state index in [1.807, 2.05) is 0 Å². The van der Waals surface area contributed by atoms with Gasteiger partial charge in [0, 0.05) is 37.0 Å². The molecule has 4 aliphatic carbocycles. The van der Waals surface area contributed by atoms with Crippen LogP contribution in [0.1, 0.15) is 124 Å². The molecule has 10 nitrogen and oxygen atoms in total. The number of ether oxygens (including phenoxy) is 3. The SMILES string of the molecule is CC(=O)CC[C@@H](C)[C@H]1CC[C@H]2[C@@H]3[C@H](OC(=O)CCCN)C[C@@H]4C[C@H](OC(=O)CCCN)CC[C@]4(C)[C@H]3C[C@H](OC(=O)CCCN)[C@]12C. The lowest BCUT2D eigenvalue weighted by Gasteiger charge is -2.64. The van der Waals surface area contributed by atoms with Crippen LogP contribution in [0.15, 0.2) is 0 Å². The van der Waals surface area contributed by atoms with Crippen molar-refractivity contribution in [1.82, 2.24) is 0 Å². The van der Waals surface area contributed by atoms with Crippen LogP contribution in [0.2, 0.25) is 0 Å². The number of carbonyl (C=O) groups is 4. The summed E-state index contributed by atoms with van der Waals surface area (Å²) >= 11 is 0. The highest BCUT2D eigenvalue weighted by Gasteiger charge is 2.67. The average molecular weight is 662 g/mol. The van der Waals surface area contributed by atoms with Crippen molar-refractivity contribution in [3.8, 4) is 0 Å². The minimum Gasteiger partial charge on any atom is -0.462 e. The second-order valence-electron chi connectivity index (χ2n) is 15.8. The van der Waals surface area contributed by atoms with Crippen molar-refractivity contribution in [3.05, 3.63) is 0 Å². The Kier molecular flexibility index (Phi) is 13.3. The third-order valence-electron chi connectivity index (χ3n) is 13.0. The summed E-state index contributed by atoms with van der Waals surface area (Å²) in [5, 5.41) is 0. The summed E-state index contributed by atoms with van der Waals surface area (Å²) in [5.41, 5.74) is 16.7. The van der Waals surface area contributed by atoms with Gasteiger partial charge < -0.3 is 36.2 Å². The second-order valence-corrected chi connectivity index (χ2v) is 15.8. The first kappa shape index (κ1) is 37.8. The van der Waals surface area contributed by atoms with Crippen molar-refractivity contribution in [2.75, 3.05) is 19.6 Å². The lowest BCUT2D eigenvalue weighted by atomic mass is 9.43. The van der Waals surface area contributed by atoms with Crippen molar-refractivity contribution in [2.24, 2.45) is 63.5 Å². The molecule has 4 aliphatic rings. The fraction of sp³-hybridized carbons (Fsp3) is 0.892. The first-order chi connectivity index (χ1) is 22.4. The van der Waals surface area contributed by atoms with Gasteiger partial charge in [-0.3, -0.25) is 14.4 Å². The van der Waals surface area contributed by atoms with E-state index in [1.165, 1.54) is 0 Å². The van der Waals surface area contributed by atoms with E-state index in [1.54, 1.807) is 6.92 Å². The maximum absolute atomic E-state index is 13.3. The highest BCUT2D eigenvalue weighted by Crippen LogP contribution is 2.69. The van der Waals surface area contributed by atoms with E-state index >= 15 is 0 Å². The molecular weight excluding hydrogens is 598 g/mol. The van der Waals surface area contributed by atoms with E-state index in [9.17, 15) is 19.2 Å². The molecule has 0 radical (unpaired) electrons. The molecule has 4 rings (SSSR count). The van der Waals surface area contributed by atoms with Gasteiger partial charge in [-0.1, -0.05) is 20.8 Å². The van der Waals surface area contributed by atoms with Gasteiger partial charge >= 0.3 is 17.9 Å². The van der Waals surface area contributed by atoms with Crippen LogP contribution in [0.3, 0.4) is 0 Å². The zero-order chi connectivity index (χ0) is 34.4. The Balaban J connectivity index is 1.69. The molecule has 0 amide bonds. The van der Waals surface area contributed by atoms with Crippen molar-refractivity contribution in [2.45, 2.75) is 142 Å². The molecule has 0 aliphatic heterocycles. The lowest BCUT2D eigenvalue weighted by molar-refractivity contribution is -0.225. The predicted molar refractivity (Wildman–Crippen MR) is 180 cm³/mol. The number of carbonyl (C=O) groups excluding carboxylic acids is 4. The Morgan fingerprint density at radius 3 is 1.94 bits per heavy atom. The summed E-state index contributed by atoms with van der Waals surface area (Å²) in [5.74, 6) is 0.881. The minimum absolute atomic E-state index is 0.0768. The standard InChI is InChI=1S/C37H63N3O7/c1-23(11-12-24(2)41)27-13-14-28-35-29(22-31(37(27,28)4)47-34(44)10-7-19-40)36(3)16-15-26(45-32(42)8-5-17-38)20-25(36)21-30(35)46-33(43)9-6-18-39/h23,25-31,35H,5-22,38-40H2,1-4H3/t23-,25+,26-,27-,28+,29+,30-,31+,35+,36+,37-/m1/s1. The number of ketones is 1. The Morgan fingerprint density at radius 2 is 1.34 bits per heavy atom. The number of rotatable bonds is 16. The second kappa shape index (κ2) is 16.6. The molecule has 6 N–H and O–H groups in total. The summed E-state index contributed by atoms with van der Waals surface area (Å²) in [4.78, 5) is 51.1. The monoisotopic (exact) mass is 661 g/mol. The topological polar surface area (TPSA) is 174 Å². The lowest BCUT2D eigenvalue weighted by Crippen LogP contribution is -2.63. The molecule has 0 spiro atoms. The number of nitrogens with two attached hydrogens (primary N) is 3. The Bertz CT molecular complexity index is 1100. The zero-order valence-corrected chi connectivity index (χ0v) is 29.5. The maximum atomic E-state index is 13.3. The molecule has 0 heterocycles. The van der Waals surface area contributed by atoms with Gasteiger partial charge in [-0.25, -0.2) is 0 Å². The van der Waals surface area contributed by atoms with E-state index in [0.717, 1.165) is 44.9 Å².